The van der Waals surface area contributed by atoms with Gasteiger partial charge in [0.05, 0.1) is 11.4 Å². The zero-order chi connectivity index (χ0) is 12.6. The lowest BCUT2D eigenvalue weighted by Gasteiger charge is -2.22. The van der Waals surface area contributed by atoms with Crippen molar-refractivity contribution in [3.05, 3.63) is 5.69 Å². The molecule has 1 aliphatic heterocycles. The summed E-state index contributed by atoms with van der Waals surface area (Å²) in [4.78, 5) is 4.65. The highest BCUT2D eigenvalue weighted by atomic mass is 15.4. The lowest BCUT2D eigenvalue weighted by Crippen LogP contribution is -2.32. The van der Waals surface area contributed by atoms with Gasteiger partial charge >= 0.3 is 0 Å². The molecular formula is C12H23N5. The molecule has 1 fully saturated rings. The average Bonchev–Trinajstić information content (AvgIpc) is 2.85. The van der Waals surface area contributed by atoms with E-state index in [9.17, 15) is 0 Å². The third kappa shape index (κ3) is 2.11. The summed E-state index contributed by atoms with van der Waals surface area (Å²) in [5, 5.41) is 4.48. The molecule has 0 aliphatic carbocycles. The Kier molecular flexibility index (Phi) is 3.28. The van der Waals surface area contributed by atoms with Crippen molar-refractivity contribution in [1.29, 1.82) is 0 Å². The quantitative estimate of drug-likeness (QED) is 0.850. The van der Waals surface area contributed by atoms with Gasteiger partial charge in [0, 0.05) is 25.7 Å². The fraction of sp³-hybridized carbons (Fsp3) is 0.750. The fourth-order valence-corrected chi connectivity index (χ4v) is 2.49. The fourth-order valence-electron chi connectivity index (χ4n) is 2.49. The molecule has 0 saturated carbocycles. The number of anilines is 2. The smallest absolute Gasteiger partial charge is 0.150 e. The summed E-state index contributed by atoms with van der Waals surface area (Å²) >= 11 is 0. The second kappa shape index (κ2) is 4.56. The summed E-state index contributed by atoms with van der Waals surface area (Å²) in [5.74, 6) is 1.11. The second-order valence-electron chi connectivity index (χ2n) is 4.99. The lowest BCUT2D eigenvalue weighted by molar-refractivity contribution is 0.315. The number of nitrogens with two attached hydrogens (primary N) is 1. The topological polar surface area (TPSA) is 50.3 Å². The highest BCUT2D eigenvalue weighted by Gasteiger charge is 2.28. The molecule has 1 aliphatic rings. The Morgan fingerprint density at radius 2 is 2.18 bits per heavy atom. The molecule has 5 heteroatoms. The van der Waals surface area contributed by atoms with E-state index in [4.69, 9.17) is 5.73 Å². The molecule has 5 nitrogen and oxygen atoms in total. The third-order valence-corrected chi connectivity index (χ3v) is 3.64. The van der Waals surface area contributed by atoms with E-state index in [1.807, 2.05) is 11.6 Å². The van der Waals surface area contributed by atoms with Crippen LogP contribution in [-0.2, 0) is 6.54 Å². The van der Waals surface area contributed by atoms with Crippen molar-refractivity contribution in [2.75, 3.05) is 37.8 Å². The first-order chi connectivity index (χ1) is 8.04. The number of hydrogen-bond acceptors (Lipinski definition) is 4. The van der Waals surface area contributed by atoms with Crippen molar-refractivity contribution in [2.45, 2.75) is 32.9 Å². The standard InChI is InChI=1S/C12H23N5/c1-5-17-12(11(13)9(2)14-17)16-7-6-10(8-16)15(3)4/h10H,5-8,13H2,1-4H3. The van der Waals surface area contributed by atoms with Gasteiger partial charge in [-0.15, -0.1) is 0 Å². The molecule has 0 radical (unpaired) electrons. The Balaban J connectivity index is 2.24. The number of likely N-dealkylation sites (N-methyl/N-ethyl adjacent to an activating group) is 1. The number of nitrogens with zero attached hydrogens (tertiary/aromatic N) is 4. The zero-order valence-electron chi connectivity index (χ0n) is 11.3. The number of aromatic nitrogens is 2. The number of aryl methyl sites for hydroxylation is 2. The monoisotopic (exact) mass is 237 g/mol. The van der Waals surface area contributed by atoms with E-state index in [0.717, 1.165) is 36.8 Å². The molecule has 0 aromatic carbocycles. The minimum atomic E-state index is 0.620. The van der Waals surface area contributed by atoms with Crippen molar-refractivity contribution < 1.29 is 0 Å². The van der Waals surface area contributed by atoms with Crippen LogP contribution in [0.2, 0.25) is 0 Å². The highest BCUT2D eigenvalue weighted by Crippen LogP contribution is 2.30. The molecule has 0 spiro atoms. The minimum Gasteiger partial charge on any atom is -0.394 e. The zero-order valence-corrected chi connectivity index (χ0v) is 11.3. The first-order valence-corrected chi connectivity index (χ1v) is 6.28. The molecule has 1 atom stereocenters. The lowest BCUT2D eigenvalue weighted by atomic mass is 10.2. The van der Waals surface area contributed by atoms with E-state index >= 15 is 0 Å². The van der Waals surface area contributed by atoms with Crippen LogP contribution in [0.15, 0.2) is 0 Å². The van der Waals surface area contributed by atoms with Crippen molar-refractivity contribution in [1.82, 2.24) is 14.7 Å². The van der Waals surface area contributed by atoms with Crippen LogP contribution in [0.4, 0.5) is 11.5 Å². The van der Waals surface area contributed by atoms with E-state index in [1.165, 1.54) is 6.42 Å². The van der Waals surface area contributed by atoms with E-state index in [0.29, 0.717) is 6.04 Å². The molecule has 1 unspecified atom stereocenters. The number of nitrogen functional groups attached to an aromatic ring is 1. The predicted octanol–water partition coefficient (Wildman–Crippen LogP) is 0.934. The molecule has 1 aromatic heterocycles. The van der Waals surface area contributed by atoms with E-state index in [1.54, 1.807) is 0 Å². The molecule has 0 bridgehead atoms. The Hall–Kier alpha value is -1.23. The molecule has 1 saturated heterocycles. The number of rotatable bonds is 3. The van der Waals surface area contributed by atoms with Crippen molar-refractivity contribution >= 4 is 11.5 Å². The summed E-state index contributed by atoms with van der Waals surface area (Å²) in [6.45, 7) is 7.07. The van der Waals surface area contributed by atoms with E-state index in [-0.39, 0.29) is 0 Å². The Morgan fingerprint density at radius 3 is 2.71 bits per heavy atom. The molecule has 17 heavy (non-hydrogen) atoms. The first-order valence-electron chi connectivity index (χ1n) is 6.28. The predicted molar refractivity (Wildman–Crippen MR) is 71.4 cm³/mol. The summed E-state index contributed by atoms with van der Waals surface area (Å²) in [6, 6.07) is 0.620. The molecule has 2 rings (SSSR count). The van der Waals surface area contributed by atoms with Gasteiger partial charge in [0.2, 0.25) is 0 Å². The van der Waals surface area contributed by atoms with E-state index < -0.39 is 0 Å². The van der Waals surface area contributed by atoms with Gasteiger partial charge in [-0.05, 0) is 34.4 Å². The van der Waals surface area contributed by atoms with Crippen LogP contribution in [0.3, 0.4) is 0 Å². The summed E-state index contributed by atoms with van der Waals surface area (Å²) in [6.07, 6.45) is 1.19. The molecular weight excluding hydrogens is 214 g/mol. The molecule has 2 N–H and O–H groups in total. The van der Waals surface area contributed by atoms with Crippen LogP contribution in [0, 0.1) is 6.92 Å². The largest absolute Gasteiger partial charge is 0.394 e. The van der Waals surface area contributed by atoms with Gasteiger partial charge in [-0.25, -0.2) is 4.68 Å². The minimum absolute atomic E-state index is 0.620. The van der Waals surface area contributed by atoms with E-state index in [2.05, 4.69) is 35.9 Å². The van der Waals surface area contributed by atoms with Gasteiger partial charge < -0.3 is 15.5 Å². The Bertz CT molecular complexity index is 396. The SMILES string of the molecule is CCn1nc(C)c(N)c1N1CCC(N(C)C)C1. The van der Waals surface area contributed by atoms with Crippen molar-refractivity contribution in [3.63, 3.8) is 0 Å². The van der Waals surface area contributed by atoms with Gasteiger partial charge in [0.15, 0.2) is 5.82 Å². The maximum Gasteiger partial charge on any atom is 0.150 e. The molecule has 0 amide bonds. The maximum absolute atomic E-state index is 6.14. The average molecular weight is 237 g/mol. The second-order valence-corrected chi connectivity index (χ2v) is 4.99. The van der Waals surface area contributed by atoms with Gasteiger partial charge in [-0.2, -0.15) is 5.10 Å². The Labute approximate surface area is 103 Å². The van der Waals surface area contributed by atoms with Gasteiger partial charge in [0.25, 0.3) is 0 Å². The highest BCUT2D eigenvalue weighted by molar-refractivity contribution is 5.66. The van der Waals surface area contributed by atoms with Crippen LogP contribution >= 0.6 is 0 Å². The van der Waals surface area contributed by atoms with Crippen LogP contribution < -0.4 is 10.6 Å². The van der Waals surface area contributed by atoms with Gasteiger partial charge in [-0.3, -0.25) is 0 Å². The normalized spacial score (nSPS) is 20.5. The summed E-state index contributed by atoms with van der Waals surface area (Å²) in [7, 11) is 4.28. The first kappa shape index (κ1) is 12.2. The number of hydrogen-bond donors (Lipinski definition) is 1. The van der Waals surface area contributed by atoms with Crippen molar-refractivity contribution in [2.24, 2.45) is 0 Å². The van der Waals surface area contributed by atoms with Gasteiger partial charge in [-0.1, -0.05) is 0 Å². The summed E-state index contributed by atoms with van der Waals surface area (Å²) < 4.78 is 2.02. The Morgan fingerprint density at radius 1 is 1.47 bits per heavy atom. The van der Waals surface area contributed by atoms with Crippen LogP contribution in [-0.4, -0.2) is 47.9 Å². The van der Waals surface area contributed by atoms with Crippen LogP contribution in [0.25, 0.3) is 0 Å². The van der Waals surface area contributed by atoms with Crippen LogP contribution in [0.1, 0.15) is 19.0 Å². The van der Waals surface area contributed by atoms with Crippen LogP contribution in [0.5, 0.6) is 0 Å². The van der Waals surface area contributed by atoms with Gasteiger partial charge in [0.1, 0.15) is 0 Å². The molecule has 1 aromatic rings. The van der Waals surface area contributed by atoms with Crippen molar-refractivity contribution in [3.8, 4) is 0 Å². The maximum atomic E-state index is 6.14. The third-order valence-electron chi connectivity index (χ3n) is 3.64. The molecule has 2 heterocycles. The summed E-state index contributed by atoms with van der Waals surface area (Å²) in [5.41, 5.74) is 7.92. The molecule has 96 valence electrons.